The van der Waals surface area contributed by atoms with Crippen molar-refractivity contribution in [2.24, 2.45) is 0 Å². The van der Waals surface area contributed by atoms with Gasteiger partial charge in [-0.15, -0.1) is 0 Å². The van der Waals surface area contributed by atoms with E-state index in [9.17, 15) is 14.4 Å². The van der Waals surface area contributed by atoms with Crippen molar-refractivity contribution in [1.82, 2.24) is 14.9 Å². The van der Waals surface area contributed by atoms with Crippen LogP contribution in [0.25, 0.3) is 39.0 Å². The zero-order valence-corrected chi connectivity index (χ0v) is 22.9. The van der Waals surface area contributed by atoms with E-state index in [-0.39, 0.29) is 23.3 Å². The highest BCUT2D eigenvalue weighted by molar-refractivity contribution is 6.26. The van der Waals surface area contributed by atoms with Crippen LogP contribution in [0.15, 0.2) is 90.8 Å². The molecule has 2 amide bonds. The van der Waals surface area contributed by atoms with Gasteiger partial charge in [0.1, 0.15) is 0 Å². The third kappa shape index (κ3) is 4.33. The second kappa shape index (κ2) is 10.3. The molecule has 1 fully saturated rings. The maximum absolute atomic E-state index is 13.8. The largest absolute Gasteiger partial charge is 0.378 e. The number of anilines is 1. The zero-order chi connectivity index (χ0) is 28.8. The maximum atomic E-state index is 13.8. The van der Waals surface area contributed by atoms with Gasteiger partial charge in [-0.25, -0.2) is 4.98 Å². The number of morpholine rings is 1. The lowest BCUT2D eigenvalue weighted by atomic mass is 9.94. The van der Waals surface area contributed by atoms with Crippen molar-refractivity contribution >= 4 is 51.2 Å². The van der Waals surface area contributed by atoms with E-state index in [1.165, 1.54) is 11.8 Å². The van der Waals surface area contributed by atoms with Crippen molar-refractivity contribution in [3.8, 4) is 11.1 Å². The number of ketones is 1. The van der Waals surface area contributed by atoms with Gasteiger partial charge in [-0.1, -0.05) is 36.4 Å². The Morgan fingerprint density at radius 1 is 0.905 bits per heavy atom. The minimum absolute atomic E-state index is 0.0685. The smallest absolute Gasteiger partial charge is 0.254 e. The van der Waals surface area contributed by atoms with Crippen molar-refractivity contribution in [3.05, 3.63) is 108 Å². The summed E-state index contributed by atoms with van der Waals surface area (Å²) in [4.78, 5) is 52.4. The molecule has 206 valence electrons. The third-order valence-corrected chi connectivity index (χ3v) is 7.76. The van der Waals surface area contributed by atoms with Crippen LogP contribution >= 0.6 is 0 Å². The van der Waals surface area contributed by atoms with Crippen LogP contribution < -0.4 is 4.90 Å². The summed E-state index contributed by atoms with van der Waals surface area (Å²) >= 11 is 0. The molecule has 4 heterocycles. The molecular formula is C34H26N4O4. The van der Waals surface area contributed by atoms with Gasteiger partial charge in [0.25, 0.3) is 5.91 Å². The predicted molar refractivity (Wildman–Crippen MR) is 161 cm³/mol. The molecule has 2 aliphatic rings. The number of carbonyl (C=O) groups excluding carboxylic acids is 3. The fourth-order valence-corrected chi connectivity index (χ4v) is 5.77. The number of aromatic nitrogens is 2. The quantitative estimate of drug-likeness (QED) is 0.273. The van der Waals surface area contributed by atoms with E-state index in [0.717, 1.165) is 27.4 Å². The van der Waals surface area contributed by atoms with E-state index in [4.69, 9.17) is 9.72 Å². The molecule has 0 bridgehead atoms. The topological polar surface area (TPSA) is 92.7 Å². The summed E-state index contributed by atoms with van der Waals surface area (Å²) in [7, 11) is 0. The molecule has 5 aromatic rings. The van der Waals surface area contributed by atoms with E-state index in [0.29, 0.717) is 54.3 Å². The van der Waals surface area contributed by atoms with Gasteiger partial charge in [-0.2, -0.15) is 0 Å². The molecule has 0 radical (unpaired) electrons. The van der Waals surface area contributed by atoms with Crippen LogP contribution in [0.4, 0.5) is 5.69 Å². The molecule has 7 rings (SSSR count). The molecule has 3 aromatic carbocycles. The minimum atomic E-state index is -0.252. The Morgan fingerprint density at radius 2 is 1.69 bits per heavy atom. The number of carbonyl (C=O) groups is 3. The lowest BCUT2D eigenvalue weighted by molar-refractivity contribution is -0.116. The number of benzene rings is 3. The first-order valence-electron chi connectivity index (χ1n) is 13.8. The fraction of sp³-hybridized carbons (Fsp3) is 0.147. The summed E-state index contributed by atoms with van der Waals surface area (Å²) in [6, 6.07) is 24.3. The molecule has 0 aliphatic carbocycles. The van der Waals surface area contributed by atoms with Crippen LogP contribution in [0.3, 0.4) is 0 Å². The van der Waals surface area contributed by atoms with E-state index in [1.54, 1.807) is 36.5 Å². The Labute approximate surface area is 241 Å². The van der Waals surface area contributed by atoms with Crippen LogP contribution in [-0.2, 0) is 9.53 Å². The third-order valence-electron chi connectivity index (χ3n) is 7.76. The Hall–Kier alpha value is -5.21. The van der Waals surface area contributed by atoms with Gasteiger partial charge in [0.15, 0.2) is 0 Å². The molecule has 1 saturated heterocycles. The number of fused-ring (bicyclic) bond motifs is 3. The van der Waals surface area contributed by atoms with Crippen LogP contribution in [0.2, 0.25) is 0 Å². The van der Waals surface area contributed by atoms with Crippen LogP contribution in [0.5, 0.6) is 0 Å². The normalized spacial score (nSPS) is 15.9. The summed E-state index contributed by atoms with van der Waals surface area (Å²) in [5.41, 5.74) is 5.50. The van der Waals surface area contributed by atoms with Crippen LogP contribution in [0, 0.1) is 0 Å². The van der Waals surface area contributed by atoms with Crippen molar-refractivity contribution in [2.75, 3.05) is 31.2 Å². The van der Waals surface area contributed by atoms with Gasteiger partial charge in [-0.05, 0) is 48.5 Å². The first-order chi connectivity index (χ1) is 20.5. The SMILES string of the molecule is CC(=O)N1/C(=C\c2ccc3c(-c4cnc5ccccc5c4)c(C(=O)N4CCOCC4)ccc3n2)C(=O)c2ccccc21. The highest BCUT2D eigenvalue weighted by atomic mass is 16.5. The predicted octanol–water partition coefficient (Wildman–Crippen LogP) is 5.51. The Balaban J connectivity index is 1.37. The standard InChI is InChI=1S/C34H26N4O4/c1-21(39)38-30-9-5-3-7-26(30)33(40)31(38)19-24-10-11-25-29(36-24)13-12-27(34(41)37-14-16-42-17-15-37)32(25)23-18-22-6-2-4-8-28(22)35-20-23/h2-13,18-20H,14-17H2,1H3/b31-19-. The highest BCUT2D eigenvalue weighted by Gasteiger charge is 2.34. The van der Waals surface area contributed by atoms with Crippen LogP contribution in [-0.4, -0.2) is 58.8 Å². The number of hydrogen-bond acceptors (Lipinski definition) is 6. The molecule has 0 N–H and O–H groups in total. The lowest BCUT2D eigenvalue weighted by Gasteiger charge is -2.28. The first-order valence-corrected chi connectivity index (χ1v) is 13.8. The second-order valence-electron chi connectivity index (χ2n) is 10.3. The van der Waals surface area contributed by atoms with Gasteiger partial charge in [-0.3, -0.25) is 24.3 Å². The first kappa shape index (κ1) is 25.7. The van der Waals surface area contributed by atoms with Crippen molar-refractivity contribution in [1.29, 1.82) is 0 Å². The van der Waals surface area contributed by atoms with Gasteiger partial charge in [0.2, 0.25) is 11.7 Å². The van der Waals surface area contributed by atoms with Gasteiger partial charge in [0.05, 0.1) is 41.3 Å². The molecule has 0 unspecified atom stereocenters. The lowest BCUT2D eigenvalue weighted by Crippen LogP contribution is -2.40. The second-order valence-corrected chi connectivity index (χ2v) is 10.3. The summed E-state index contributed by atoms with van der Waals surface area (Å²) in [6.07, 6.45) is 3.44. The summed E-state index contributed by atoms with van der Waals surface area (Å²) in [5.74, 6) is -0.546. The summed E-state index contributed by atoms with van der Waals surface area (Å²) in [5, 5.41) is 1.76. The Bertz CT molecular complexity index is 1960. The minimum Gasteiger partial charge on any atom is -0.378 e. The van der Waals surface area contributed by atoms with Crippen LogP contribution in [0.1, 0.15) is 33.3 Å². The average molecular weight is 555 g/mol. The highest BCUT2D eigenvalue weighted by Crippen LogP contribution is 2.37. The van der Waals surface area contributed by atoms with Gasteiger partial charge in [0, 0.05) is 59.2 Å². The number of allylic oxidation sites excluding steroid dienone is 1. The van der Waals surface area contributed by atoms with Gasteiger partial charge >= 0.3 is 0 Å². The fourth-order valence-electron chi connectivity index (χ4n) is 5.77. The van der Waals surface area contributed by atoms with E-state index < -0.39 is 0 Å². The number of pyridine rings is 2. The maximum Gasteiger partial charge on any atom is 0.254 e. The molecule has 0 atom stereocenters. The molecule has 42 heavy (non-hydrogen) atoms. The number of rotatable bonds is 3. The van der Waals surface area contributed by atoms with Crippen molar-refractivity contribution < 1.29 is 19.1 Å². The number of ether oxygens (including phenoxy) is 1. The molecule has 0 saturated carbocycles. The number of amides is 2. The van der Waals surface area contributed by atoms with E-state index in [2.05, 4.69) is 4.98 Å². The molecule has 0 spiro atoms. The Kier molecular flexibility index (Phi) is 6.32. The number of para-hydroxylation sites is 2. The monoisotopic (exact) mass is 554 g/mol. The molecule has 8 nitrogen and oxygen atoms in total. The zero-order valence-electron chi connectivity index (χ0n) is 22.9. The summed E-state index contributed by atoms with van der Waals surface area (Å²) in [6.45, 7) is 3.51. The van der Waals surface area contributed by atoms with E-state index >= 15 is 0 Å². The van der Waals surface area contributed by atoms with Gasteiger partial charge < -0.3 is 9.64 Å². The average Bonchev–Trinajstić information content (AvgIpc) is 3.31. The molecule has 8 heteroatoms. The van der Waals surface area contributed by atoms with E-state index in [1.807, 2.05) is 59.5 Å². The molecule has 2 aliphatic heterocycles. The number of hydrogen-bond donors (Lipinski definition) is 0. The Morgan fingerprint density at radius 3 is 2.52 bits per heavy atom. The number of Topliss-reactive ketones (excluding diaryl/α,β-unsaturated/α-hetero) is 1. The number of nitrogens with zero attached hydrogens (tertiary/aromatic N) is 4. The van der Waals surface area contributed by atoms with Crippen molar-refractivity contribution in [2.45, 2.75) is 6.92 Å². The summed E-state index contributed by atoms with van der Waals surface area (Å²) < 4.78 is 5.47. The molecular weight excluding hydrogens is 528 g/mol. The molecule has 2 aromatic heterocycles. The van der Waals surface area contributed by atoms with Crippen molar-refractivity contribution in [3.63, 3.8) is 0 Å².